The molecule has 0 N–H and O–H groups in total. The Hall–Kier alpha value is -2.59. The Bertz CT molecular complexity index is 920. The lowest BCUT2D eigenvalue weighted by Gasteiger charge is -1.99. The van der Waals surface area contributed by atoms with Crippen molar-refractivity contribution in [3.63, 3.8) is 0 Å². The molecule has 0 unspecified atom stereocenters. The van der Waals surface area contributed by atoms with Crippen LogP contribution in [0.15, 0.2) is 23.2 Å². The normalized spacial score (nSPS) is 11.9. The van der Waals surface area contributed by atoms with Crippen molar-refractivity contribution in [3.05, 3.63) is 48.6 Å². The van der Waals surface area contributed by atoms with Crippen LogP contribution in [-0.4, -0.2) is 28.0 Å². The smallest absolute Gasteiger partial charge is 0.350 e. The largest absolute Gasteiger partial charge is 0.462 e. The molecule has 0 bridgehead atoms. The van der Waals surface area contributed by atoms with Crippen molar-refractivity contribution in [1.29, 1.82) is 0 Å². The summed E-state index contributed by atoms with van der Waals surface area (Å²) in [5.41, 5.74) is 0.660. The van der Waals surface area contributed by atoms with Crippen LogP contribution < -0.4 is 4.80 Å². The number of carbonyl (C=O) groups excluding carboxylic acids is 2. The van der Waals surface area contributed by atoms with Crippen molar-refractivity contribution >= 4 is 45.6 Å². The molecule has 0 aromatic carbocycles. The Labute approximate surface area is 150 Å². The van der Waals surface area contributed by atoms with Gasteiger partial charge in [0.2, 0.25) is 0 Å². The van der Waals surface area contributed by atoms with E-state index in [-0.39, 0.29) is 11.6 Å². The van der Waals surface area contributed by atoms with Gasteiger partial charge in [0, 0.05) is 29.8 Å². The van der Waals surface area contributed by atoms with Crippen LogP contribution in [0.1, 0.15) is 27.2 Å². The molecule has 0 spiro atoms. The Morgan fingerprint density at radius 2 is 2.12 bits per heavy atom. The topological polar surface area (TPSA) is 104 Å². The Kier molecular flexibility index (Phi) is 5.99. The number of amides is 1. The lowest BCUT2D eigenvalue weighted by molar-refractivity contribution is -0.380. The molecule has 8 nitrogen and oxygen atoms in total. The third-order valence-electron chi connectivity index (χ3n) is 3.16. The highest BCUT2D eigenvalue weighted by Crippen LogP contribution is 2.24. The first-order chi connectivity index (χ1) is 11.8. The average Bonchev–Trinajstić information content (AvgIpc) is 3.14. The second-order valence-corrected chi connectivity index (χ2v) is 6.87. The van der Waals surface area contributed by atoms with Gasteiger partial charge in [-0.15, -0.1) is 0 Å². The van der Waals surface area contributed by atoms with E-state index >= 15 is 0 Å². The number of rotatable bonds is 5. The fourth-order valence-electron chi connectivity index (χ4n) is 1.83. The van der Waals surface area contributed by atoms with Gasteiger partial charge in [0.05, 0.1) is 11.5 Å². The van der Waals surface area contributed by atoms with Gasteiger partial charge in [-0.1, -0.05) is 22.7 Å². The predicted octanol–water partition coefficient (Wildman–Crippen LogP) is 2.68. The molecule has 2 rings (SSSR count). The van der Waals surface area contributed by atoms with E-state index in [0.717, 1.165) is 22.7 Å². The highest BCUT2D eigenvalue weighted by atomic mass is 32.1. The molecule has 2 heterocycles. The minimum atomic E-state index is -0.525. The summed E-state index contributed by atoms with van der Waals surface area (Å²) in [6.45, 7) is 3.73. The summed E-state index contributed by atoms with van der Waals surface area (Å²) in [7, 11) is 1.70. The molecule has 1 amide bonds. The number of hydrogen-bond donors (Lipinski definition) is 0. The molecule has 0 saturated carbocycles. The zero-order chi connectivity index (χ0) is 18.6. The SMILES string of the molecule is CCOC(=O)c1sc(=NC(=O)/C=C/c2ccc([N+](=O)[O-])s2)n(C)c1C. The highest BCUT2D eigenvalue weighted by molar-refractivity contribution is 7.16. The lowest BCUT2D eigenvalue weighted by atomic mass is 10.4. The molecule has 0 aliphatic heterocycles. The van der Waals surface area contributed by atoms with Crippen LogP contribution in [0.4, 0.5) is 5.00 Å². The van der Waals surface area contributed by atoms with Gasteiger partial charge in [-0.05, 0) is 26.0 Å². The Morgan fingerprint density at radius 3 is 2.72 bits per heavy atom. The maximum Gasteiger partial charge on any atom is 0.350 e. The van der Waals surface area contributed by atoms with Crippen molar-refractivity contribution < 1.29 is 19.2 Å². The van der Waals surface area contributed by atoms with Gasteiger partial charge < -0.3 is 9.30 Å². The van der Waals surface area contributed by atoms with Gasteiger partial charge in [-0.2, -0.15) is 4.99 Å². The molecular formula is C15H15N3O5S2. The number of aromatic nitrogens is 1. The fourth-order valence-corrected chi connectivity index (χ4v) is 3.57. The summed E-state index contributed by atoms with van der Waals surface area (Å²) in [6.07, 6.45) is 2.70. The van der Waals surface area contributed by atoms with Gasteiger partial charge >= 0.3 is 11.0 Å². The summed E-state index contributed by atoms with van der Waals surface area (Å²) in [5, 5.41) is 10.6. The molecule has 0 radical (unpaired) electrons. The highest BCUT2D eigenvalue weighted by Gasteiger charge is 2.16. The van der Waals surface area contributed by atoms with Crippen LogP contribution >= 0.6 is 22.7 Å². The van der Waals surface area contributed by atoms with E-state index in [9.17, 15) is 19.7 Å². The number of esters is 1. The Balaban J connectivity index is 2.23. The van der Waals surface area contributed by atoms with Crippen molar-refractivity contribution in [2.75, 3.05) is 6.61 Å². The van der Waals surface area contributed by atoms with Gasteiger partial charge in [-0.3, -0.25) is 14.9 Å². The zero-order valence-corrected chi connectivity index (χ0v) is 15.3. The van der Waals surface area contributed by atoms with Crippen LogP contribution in [0.2, 0.25) is 0 Å². The molecule has 2 aromatic rings. The van der Waals surface area contributed by atoms with Crippen molar-refractivity contribution in [1.82, 2.24) is 4.57 Å². The molecule has 0 saturated heterocycles. The maximum atomic E-state index is 12.0. The zero-order valence-electron chi connectivity index (χ0n) is 13.7. The van der Waals surface area contributed by atoms with Crippen molar-refractivity contribution in [2.45, 2.75) is 13.8 Å². The van der Waals surface area contributed by atoms with Gasteiger partial charge in [0.25, 0.3) is 5.91 Å². The molecule has 0 fully saturated rings. The molecule has 25 heavy (non-hydrogen) atoms. The van der Waals surface area contributed by atoms with E-state index in [1.54, 1.807) is 31.5 Å². The molecule has 10 heteroatoms. The van der Waals surface area contributed by atoms with Gasteiger partial charge in [-0.25, -0.2) is 4.79 Å². The van der Waals surface area contributed by atoms with E-state index in [1.165, 1.54) is 18.2 Å². The standard InChI is InChI=1S/C15H15N3O5S2/c1-4-23-14(20)13-9(2)17(3)15(25-13)16-11(19)7-5-10-6-8-12(24-10)18(21)22/h5-8H,4H2,1-3H3/b7-5+,16-15?. The van der Waals surface area contributed by atoms with Crippen LogP contribution in [0.5, 0.6) is 0 Å². The van der Waals surface area contributed by atoms with Gasteiger partial charge in [0.15, 0.2) is 4.80 Å². The van der Waals surface area contributed by atoms with Crippen LogP contribution in [0, 0.1) is 17.0 Å². The second kappa shape index (κ2) is 7.99. The molecule has 2 aromatic heterocycles. The Morgan fingerprint density at radius 1 is 1.40 bits per heavy atom. The molecule has 0 atom stereocenters. The number of nitrogens with zero attached hydrogens (tertiary/aromatic N) is 3. The third kappa shape index (κ3) is 4.48. The fraction of sp³-hybridized carbons (Fsp3) is 0.267. The first-order valence-electron chi connectivity index (χ1n) is 7.18. The quantitative estimate of drug-likeness (QED) is 0.343. The minimum Gasteiger partial charge on any atom is -0.462 e. The number of thiazole rings is 1. The van der Waals surface area contributed by atoms with E-state index in [1.807, 2.05) is 0 Å². The molecule has 132 valence electrons. The first kappa shape index (κ1) is 18.7. The molecular weight excluding hydrogens is 366 g/mol. The number of ether oxygens (including phenoxy) is 1. The summed E-state index contributed by atoms with van der Waals surface area (Å²) >= 11 is 2.04. The number of hydrogen-bond acceptors (Lipinski definition) is 7. The first-order valence-corrected chi connectivity index (χ1v) is 8.81. The predicted molar refractivity (Wildman–Crippen MR) is 94.6 cm³/mol. The monoisotopic (exact) mass is 381 g/mol. The van der Waals surface area contributed by atoms with Crippen LogP contribution in [-0.2, 0) is 16.6 Å². The van der Waals surface area contributed by atoms with Crippen LogP contribution in [0.25, 0.3) is 6.08 Å². The summed E-state index contributed by atoms with van der Waals surface area (Å²) < 4.78 is 6.61. The van der Waals surface area contributed by atoms with Crippen LogP contribution in [0.3, 0.4) is 0 Å². The number of thiophene rings is 1. The lowest BCUT2D eigenvalue weighted by Crippen LogP contribution is -2.13. The average molecular weight is 381 g/mol. The summed E-state index contributed by atoms with van der Waals surface area (Å²) in [6, 6.07) is 2.93. The maximum absolute atomic E-state index is 12.0. The summed E-state index contributed by atoms with van der Waals surface area (Å²) in [4.78, 5) is 39.3. The molecule has 0 aliphatic rings. The van der Waals surface area contributed by atoms with Gasteiger partial charge in [0.1, 0.15) is 4.88 Å². The minimum absolute atomic E-state index is 0.00315. The van der Waals surface area contributed by atoms with E-state index in [4.69, 9.17) is 4.74 Å². The second-order valence-electron chi connectivity index (χ2n) is 4.80. The summed E-state index contributed by atoms with van der Waals surface area (Å²) in [5.74, 6) is -0.973. The van der Waals surface area contributed by atoms with Crippen molar-refractivity contribution in [3.8, 4) is 0 Å². The van der Waals surface area contributed by atoms with Crippen molar-refractivity contribution in [2.24, 2.45) is 12.0 Å². The number of nitro groups is 1. The van der Waals surface area contributed by atoms with E-state index in [2.05, 4.69) is 4.99 Å². The third-order valence-corrected chi connectivity index (χ3v) is 5.38. The molecule has 0 aliphatic carbocycles. The van der Waals surface area contributed by atoms with E-state index in [0.29, 0.717) is 20.2 Å². The van der Waals surface area contributed by atoms with E-state index < -0.39 is 16.8 Å². The number of carbonyl (C=O) groups is 2.